The number of benzene rings is 2. The van der Waals surface area contributed by atoms with E-state index < -0.39 is 0 Å². The van der Waals surface area contributed by atoms with E-state index >= 15 is 0 Å². The molecule has 0 saturated carbocycles. The largest absolute Gasteiger partial charge is 0.492 e. The number of hydrogen-bond acceptors (Lipinski definition) is 8. The van der Waals surface area contributed by atoms with Gasteiger partial charge >= 0.3 is 0 Å². The SMILES string of the molecule is CCOc1cc2nc(CC)c(C#N)c(Nc3ccc(OCc4ccc(C(C)C)nc4)c(Cl)c3)c2cc1NC(=O)/C=C/CN(C)C. The minimum Gasteiger partial charge on any atom is -0.492 e. The number of aryl methyl sites for hydroxylation is 1. The lowest BCUT2D eigenvalue weighted by Gasteiger charge is -2.18. The Bertz CT molecular complexity index is 1730. The van der Waals surface area contributed by atoms with Gasteiger partial charge in [0, 0.05) is 47.2 Å². The average molecular weight is 627 g/mol. The number of likely N-dealkylation sites (N-methyl/N-ethyl adjacent to an activating group) is 1. The molecule has 2 heterocycles. The van der Waals surface area contributed by atoms with Crippen molar-refractivity contribution in [2.75, 3.05) is 37.9 Å². The van der Waals surface area contributed by atoms with Gasteiger partial charge in [0.2, 0.25) is 5.91 Å². The molecule has 4 rings (SSSR count). The Morgan fingerprint density at radius 2 is 1.91 bits per heavy atom. The molecule has 10 heteroatoms. The molecule has 0 saturated heterocycles. The molecule has 0 bridgehead atoms. The Kier molecular flexibility index (Phi) is 11.4. The summed E-state index contributed by atoms with van der Waals surface area (Å²) in [5, 5.41) is 17.6. The first-order chi connectivity index (χ1) is 21.6. The predicted molar refractivity (Wildman–Crippen MR) is 181 cm³/mol. The van der Waals surface area contributed by atoms with E-state index in [1.165, 1.54) is 6.08 Å². The number of nitrogens with zero attached hydrogens (tertiary/aromatic N) is 4. The van der Waals surface area contributed by atoms with Gasteiger partial charge in [0.05, 0.1) is 39.8 Å². The van der Waals surface area contributed by atoms with E-state index in [2.05, 4.69) is 35.5 Å². The number of nitriles is 1. The second-order valence-electron chi connectivity index (χ2n) is 11.0. The van der Waals surface area contributed by atoms with Crippen LogP contribution in [-0.2, 0) is 17.8 Å². The van der Waals surface area contributed by atoms with Crippen LogP contribution in [0.1, 0.15) is 56.1 Å². The van der Waals surface area contributed by atoms with Gasteiger partial charge in [-0.15, -0.1) is 0 Å². The summed E-state index contributed by atoms with van der Waals surface area (Å²) in [5.41, 5.74) is 5.33. The first kappa shape index (κ1) is 33.2. The number of nitrogens with one attached hydrogen (secondary N) is 2. The molecule has 0 aliphatic heterocycles. The van der Waals surface area contributed by atoms with Crippen LogP contribution in [0.5, 0.6) is 11.5 Å². The van der Waals surface area contributed by atoms with Crippen LogP contribution in [0.4, 0.5) is 17.1 Å². The van der Waals surface area contributed by atoms with Crippen LogP contribution in [0.15, 0.2) is 60.8 Å². The number of amides is 1. The summed E-state index contributed by atoms with van der Waals surface area (Å²) in [5.74, 6) is 1.08. The van der Waals surface area contributed by atoms with Gasteiger partial charge in [0.15, 0.2) is 0 Å². The lowest BCUT2D eigenvalue weighted by atomic mass is 10.0. The third-order valence-electron chi connectivity index (χ3n) is 6.94. The Morgan fingerprint density at radius 3 is 2.53 bits per heavy atom. The van der Waals surface area contributed by atoms with Crippen molar-refractivity contribution in [3.8, 4) is 17.6 Å². The molecule has 234 valence electrons. The van der Waals surface area contributed by atoms with Gasteiger partial charge in [-0.05, 0) is 63.7 Å². The lowest BCUT2D eigenvalue weighted by Crippen LogP contribution is -2.13. The molecular formula is C35H39ClN6O3. The minimum atomic E-state index is -0.292. The standard InChI is InChI=1S/C35H39ClN6O3/c1-7-28-26(19-37)35(25-17-31(33(44-8-2)18-30(25)40-28)41-34(43)10-9-15-42(5)6)39-24-12-14-32(27(36)16-24)45-21-23-11-13-29(22(3)4)38-20-23/h9-14,16-18,20,22H,7-8,15,21H2,1-6H3,(H,39,40)(H,41,43)/b10-9+. The highest BCUT2D eigenvalue weighted by atomic mass is 35.5. The molecule has 0 aliphatic carbocycles. The van der Waals surface area contributed by atoms with E-state index in [4.69, 9.17) is 26.1 Å². The maximum atomic E-state index is 12.8. The number of rotatable bonds is 13. The van der Waals surface area contributed by atoms with E-state index in [-0.39, 0.29) is 5.91 Å². The topological polar surface area (TPSA) is 112 Å². The van der Waals surface area contributed by atoms with Gasteiger partial charge in [0.25, 0.3) is 0 Å². The molecule has 45 heavy (non-hydrogen) atoms. The van der Waals surface area contributed by atoms with Gasteiger partial charge in [-0.2, -0.15) is 5.26 Å². The molecule has 1 amide bonds. The van der Waals surface area contributed by atoms with Crippen molar-refractivity contribution in [3.63, 3.8) is 0 Å². The maximum Gasteiger partial charge on any atom is 0.248 e. The third-order valence-corrected chi connectivity index (χ3v) is 7.24. The summed E-state index contributed by atoms with van der Waals surface area (Å²) >= 11 is 6.65. The number of carbonyl (C=O) groups is 1. The Hall–Kier alpha value is -4.65. The quantitative estimate of drug-likeness (QED) is 0.146. The minimum absolute atomic E-state index is 0.292. The molecule has 2 N–H and O–H groups in total. The monoisotopic (exact) mass is 626 g/mol. The van der Waals surface area contributed by atoms with Gasteiger partial charge in [-0.3, -0.25) is 14.8 Å². The normalized spacial score (nSPS) is 11.3. The summed E-state index contributed by atoms with van der Waals surface area (Å²) < 4.78 is 11.9. The van der Waals surface area contributed by atoms with E-state index in [9.17, 15) is 10.1 Å². The van der Waals surface area contributed by atoms with Crippen LogP contribution in [-0.4, -0.2) is 48.0 Å². The lowest BCUT2D eigenvalue weighted by molar-refractivity contribution is -0.111. The van der Waals surface area contributed by atoms with E-state index in [1.807, 2.05) is 57.2 Å². The van der Waals surface area contributed by atoms with Crippen LogP contribution in [0.3, 0.4) is 0 Å². The predicted octanol–water partition coefficient (Wildman–Crippen LogP) is 7.62. The van der Waals surface area contributed by atoms with E-state index in [0.717, 1.165) is 11.3 Å². The highest BCUT2D eigenvalue weighted by Crippen LogP contribution is 2.38. The van der Waals surface area contributed by atoms with Crippen molar-refractivity contribution in [1.29, 1.82) is 5.26 Å². The zero-order valence-electron chi connectivity index (χ0n) is 26.6. The molecule has 2 aromatic carbocycles. The molecule has 0 fully saturated rings. The van der Waals surface area contributed by atoms with Crippen molar-refractivity contribution < 1.29 is 14.3 Å². The molecule has 0 radical (unpaired) electrons. The van der Waals surface area contributed by atoms with Gasteiger partial charge in [0.1, 0.15) is 24.2 Å². The van der Waals surface area contributed by atoms with Crippen molar-refractivity contribution >= 4 is 45.5 Å². The number of carbonyl (C=O) groups excluding carboxylic acids is 1. The number of aromatic nitrogens is 2. The smallest absolute Gasteiger partial charge is 0.248 e. The summed E-state index contributed by atoms with van der Waals surface area (Å²) in [4.78, 5) is 24.0. The van der Waals surface area contributed by atoms with Gasteiger partial charge < -0.3 is 25.0 Å². The second-order valence-corrected chi connectivity index (χ2v) is 11.4. The summed E-state index contributed by atoms with van der Waals surface area (Å²) in [6.07, 6.45) is 5.63. The number of ether oxygens (including phenoxy) is 2. The van der Waals surface area contributed by atoms with Crippen molar-refractivity contribution in [2.24, 2.45) is 0 Å². The Morgan fingerprint density at radius 1 is 1.11 bits per heavy atom. The number of fused-ring (bicyclic) bond motifs is 1. The Labute approximate surface area is 269 Å². The van der Waals surface area contributed by atoms with E-state index in [1.54, 1.807) is 30.3 Å². The number of hydrogen-bond donors (Lipinski definition) is 2. The highest BCUT2D eigenvalue weighted by Gasteiger charge is 2.19. The molecule has 0 aliphatic rings. The maximum absolute atomic E-state index is 12.8. The molecule has 9 nitrogen and oxygen atoms in total. The van der Waals surface area contributed by atoms with Gasteiger partial charge in [-0.25, -0.2) is 0 Å². The number of anilines is 3. The van der Waals surface area contributed by atoms with Gasteiger partial charge in [-0.1, -0.05) is 44.5 Å². The van der Waals surface area contributed by atoms with Crippen LogP contribution in [0.2, 0.25) is 5.02 Å². The van der Waals surface area contributed by atoms with Crippen LogP contribution < -0.4 is 20.1 Å². The Balaban J connectivity index is 1.67. The fraction of sp³-hybridized carbons (Fsp3) is 0.314. The van der Waals surface area contributed by atoms with Crippen LogP contribution in [0.25, 0.3) is 10.9 Å². The van der Waals surface area contributed by atoms with E-state index in [0.29, 0.717) is 87.8 Å². The van der Waals surface area contributed by atoms with Crippen LogP contribution >= 0.6 is 11.6 Å². The number of halogens is 1. The molecule has 4 aromatic rings. The first-order valence-electron chi connectivity index (χ1n) is 14.9. The van der Waals surface area contributed by atoms with Crippen molar-refractivity contribution in [3.05, 3.63) is 88.4 Å². The van der Waals surface area contributed by atoms with Crippen molar-refractivity contribution in [2.45, 2.75) is 46.6 Å². The molecule has 0 spiro atoms. The first-order valence-corrected chi connectivity index (χ1v) is 15.3. The highest BCUT2D eigenvalue weighted by molar-refractivity contribution is 6.32. The fourth-order valence-electron chi connectivity index (χ4n) is 4.63. The van der Waals surface area contributed by atoms with Crippen molar-refractivity contribution in [1.82, 2.24) is 14.9 Å². The molecule has 2 aromatic heterocycles. The molecular weight excluding hydrogens is 588 g/mol. The zero-order valence-corrected chi connectivity index (χ0v) is 27.3. The average Bonchev–Trinajstić information content (AvgIpc) is 3.01. The third kappa shape index (κ3) is 8.50. The summed E-state index contributed by atoms with van der Waals surface area (Å²) in [7, 11) is 3.85. The second kappa shape index (κ2) is 15.4. The molecule has 0 atom stereocenters. The summed E-state index contributed by atoms with van der Waals surface area (Å²) in [6, 6.07) is 15.3. The summed E-state index contributed by atoms with van der Waals surface area (Å²) in [6.45, 7) is 9.39. The zero-order chi connectivity index (χ0) is 32.5. The van der Waals surface area contributed by atoms with Crippen LogP contribution in [0, 0.1) is 11.3 Å². The fourth-order valence-corrected chi connectivity index (χ4v) is 4.86. The molecule has 0 unspecified atom stereocenters. The number of pyridine rings is 2.